The van der Waals surface area contributed by atoms with Crippen molar-refractivity contribution in [1.82, 2.24) is 0 Å². The van der Waals surface area contributed by atoms with Gasteiger partial charge in [-0.15, -0.1) is 0 Å². The van der Waals surface area contributed by atoms with Gasteiger partial charge < -0.3 is 10.4 Å². The molecule has 0 bridgehead atoms. The molecule has 0 saturated carbocycles. The summed E-state index contributed by atoms with van der Waals surface area (Å²) < 4.78 is 0.827. The molecule has 0 spiro atoms. The molecule has 98 valence electrons. The molecule has 0 fully saturated rings. The van der Waals surface area contributed by atoms with Crippen LogP contribution in [0.25, 0.3) is 0 Å². The number of carbonyl (C=O) groups is 2. The van der Waals surface area contributed by atoms with E-state index in [1.54, 1.807) is 18.2 Å². The Morgan fingerprint density at radius 2 is 1.94 bits per heavy atom. The number of amides is 1. The summed E-state index contributed by atoms with van der Waals surface area (Å²) in [7, 11) is 0. The van der Waals surface area contributed by atoms with Gasteiger partial charge in [-0.3, -0.25) is 9.59 Å². The lowest BCUT2D eigenvalue weighted by Crippen LogP contribution is -2.11. The van der Waals surface area contributed by atoms with Gasteiger partial charge in [-0.2, -0.15) is 0 Å². The smallest absolute Gasteiger partial charge is 0.303 e. The van der Waals surface area contributed by atoms with Crippen LogP contribution >= 0.6 is 27.5 Å². The average Bonchev–Trinajstić information content (AvgIpc) is 2.29. The van der Waals surface area contributed by atoms with E-state index in [0.29, 0.717) is 23.6 Å². The second-order valence-corrected chi connectivity index (χ2v) is 5.10. The number of anilines is 1. The minimum absolute atomic E-state index is 0.0882. The zero-order chi connectivity index (χ0) is 13.5. The highest BCUT2D eigenvalue weighted by Crippen LogP contribution is 2.25. The average molecular weight is 335 g/mol. The van der Waals surface area contributed by atoms with Gasteiger partial charge in [0.15, 0.2) is 0 Å². The van der Waals surface area contributed by atoms with Crippen LogP contribution in [0.2, 0.25) is 5.02 Å². The fourth-order valence-corrected chi connectivity index (χ4v) is 1.89. The zero-order valence-electron chi connectivity index (χ0n) is 9.58. The number of unbranched alkanes of at least 4 members (excludes halogenated alkanes) is 1. The normalized spacial score (nSPS) is 10.1. The molecule has 0 aliphatic heterocycles. The van der Waals surface area contributed by atoms with E-state index in [4.69, 9.17) is 16.7 Å². The van der Waals surface area contributed by atoms with E-state index < -0.39 is 5.97 Å². The van der Waals surface area contributed by atoms with E-state index in [2.05, 4.69) is 21.2 Å². The van der Waals surface area contributed by atoms with Gasteiger partial charge >= 0.3 is 5.97 Å². The van der Waals surface area contributed by atoms with Crippen LogP contribution in [0, 0.1) is 0 Å². The van der Waals surface area contributed by atoms with Crippen LogP contribution in [0.4, 0.5) is 5.69 Å². The van der Waals surface area contributed by atoms with E-state index in [1.165, 1.54) is 0 Å². The van der Waals surface area contributed by atoms with Crippen molar-refractivity contribution >= 4 is 45.1 Å². The lowest BCUT2D eigenvalue weighted by molar-refractivity contribution is -0.137. The first kappa shape index (κ1) is 15.0. The van der Waals surface area contributed by atoms with Crippen molar-refractivity contribution in [3.05, 3.63) is 27.7 Å². The summed E-state index contributed by atoms with van der Waals surface area (Å²) in [6.45, 7) is 0. The van der Waals surface area contributed by atoms with E-state index in [0.717, 1.165) is 4.47 Å². The molecule has 6 heteroatoms. The maximum absolute atomic E-state index is 11.6. The molecule has 0 aromatic heterocycles. The summed E-state index contributed by atoms with van der Waals surface area (Å²) in [5.41, 5.74) is 0.550. The Labute approximate surface area is 118 Å². The fourth-order valence-electron chi connectivity index (χ4n) is 1.37. The van der Waals surface area contributed by atoms with E-state index in [9.17, 15) is 9.59 Å². The Balaban J connectivity index is 2.40. The molecule has 0 radical (unpaired) electrons. The van der Waals surface area contributed by atoms with Crippen LogP contribution in [-0.2, 0) is 9.59 Å². The summed E-state index contributed by atoms with van der Waals surface area (Å²) in [4.78, 5) is 21.9. The van der Waals surface area contributed by atoms with E-state index in [1.807, 2.05) is 0 Å². The minimum Gasteiger partial charge on any atom is -0.481 e. The first-order valence-corrected chi connectivity index (χ1v) is 6.63. The highest BCUT2D eigenvalue weighted by Gasteiger charge is 2.06. The van der Waals surface area contributed by atoms with Gasteiger partial charge in [-0.05, 0) is 31.0 Å². The summed E-state index contributed by atoms with van der Waals surface area (Å²) in [6.07, 6.45) is 1.42. The number of carboxylic acids is 1. The first-order valence-electron chi connectivity index (χ1n) is 5.45. The van der Waals surface area contributed by atoms with E-state index in [-0.39, 0.29) is 18.7 Å². The SMILES string of the molecule is O=C(O)CCCCC(=O)Nc1cc(Br)ccc1Cl. The topological polar surface area (TPSA) is 66.4 Å². The Hall–Kier alpha value is -1.07. The Morgan fingerprint density at radius 3 is 2.61 bits per heavy atom. The highest BCUT2D eigenvalue weighted by atomic mass is 79.9. The molecule has 0 saturated heterocycles. The first-order chi connectivity index (χ1) is 8.49. The quantitative estimate of drug-likeness (QED) is 0.780. The van der Waals surface area contributed by atoms with Crippen LogP contribution in [0.15, 0.2) is 22.7 Å². The second-order valence-electron chi connectivity index (χ2n) is 3.77. The molecule has 0 aliphatic rings. The molecule has 1 rings (SSSR count). The summed E-state index contributed by atoms with van der Waals surface area (Å²) in [6, 6.07) is 5.19. The predicted molar refractivity (Wildman–Crippen MR) is 73.9 cm³/mol. The number of nitrogens with one attached hydrogen (secondary N) is 1. The number of aliphatic carboxylic acids is 1. The van der Waals surface area contributed by atoms with Crippen LogP contribution < -0.4 is 5.32 Å². The Kier molecular flexibility index (Phi) is 6.15. The Bertz CT molecular complexity index is 451. The van der Waals surface area contributed by atoms with Crippen LogP contribution in [0.5, 0.6) is 0 Å². The minimum atomic E-state index is -0.842. The third-order valence-electron chi connectivity index (χ3n) is 2.25. The molecule has 0 unspecified atom stereocenters. The van der Waals surface area contributed by atoms with Crippen molar-refractivity contribution in [2.75, 3.05) is 5.32 Å². The molecule has 2 N–H and O–H groups in total. The summed E-state index contributed by atoms with van der Waals surface area (Å²) in [5, 5.41) is 11.6. The largest absolute Gasteiger partial charge is 0.481 e. The summed E-state index contributed by atoms with van der Waals surface area (Å²) >= 11 is 9.22. The molecule has 0 atom stereocenters. The number of carbonyl (C=O) groups excluding carboxylic acids is 1. The molecule has 0 aliphatic carbocycles. The number of hydrogen-bond acceptors (Lipinski definition) is 2. The number of hydrogen-bond donors (Lipinski definition) is 2. The fraction of sp³-hybridized carbons (Fsp3) is 0.333. The van der Waals surface area contributed by atoms with Crippen molar-refractivity contribution in [3.63, 3.8) is 0 Å². The number of rotatable bonds is 6. The van der Waals surface area contributed by atoms with Gasteiger partial charge in [0.1, 0.15) is 0 Å². The Morgan fingerprint density at radius 1 is 1.28 bits per heavy atom. The van der Waals surface area contributed by atoms with Gasteiger partial charge in [0.05, 0.1) is 10.7 Å². The number of halogens is 2. The highest BCUT2D eigenvalue weighted by molar-refractivity contribution is 9.10. The third-order valence-corrected chi connectivity index (χ3v) is 3.07. The summed E-state index contributed by atoms with van der Waals surface area (Å²) in [5.74, 6) is -1.01. The molecule has 1 aromatic carbocycles. The van der Waals surface area contributed by atoms with Crippen molar-refractivity contribution in [1.29, 1.82) is 0 Å². The molecular weight excluding hydrogens is 321 g/mol. The molecule has 18 heavy (non-hydrogen) atoms. The molecule has 4 nitrogen and oxygen atoms in total. The van der Waals surface area contributed by atoms with Gasteiger partial charge in [-0.25, -0.2) is 0 Å². The van der Waals surface area contributed by atoms with Crippen molar-refractivity contribution in [3.8, 4) is 0 Å². The maximum atomic E-state index is 11.6. The van der Waals surface area contributed by atoms with Crippen LogP contribution in [0.3, 0.4) is 0 Å². The monoisotopic (exact) mass is 333 g/mol. The molecule has 1 amide bonds. The van der Waals surface area contributed by atoms with Crippen molar-refractivity contribution < 1.29 is 14.7 Å². The maximum Gasteiger partial charge on any atom is 0.303 e. The van der Waals surface area contributed by atoms with E-state index >= 15 is 0 Å². The third kappa shape index (κ3) is 5.51. The van der Waals surface area contributed by atoms with Crippen molar-refractivity contribution in [2.24, 2.45) is 0 Å². The van der Waals surface area contributed by atoms with Gasteiger partial charge in [0.25, 0.3) is 0 Å². The second kappa shape index (κ2) is 7.38. The van der Waals surface area contributed by atoms with Crippen molar-refractivity contribution in [2.45, 2.75) is 25.7 Å². The molecular formula is C12H13BrClNO3. The lowest BCUT2D eigenvalue weighted by Gasteiger charge is -2.07. The van der Waals surface area contributed by atoms with Gasteiger partial charge in [0, 0.05) is 17.3 Å². The standard InChI is InChI=1S/C12H13BrClNO3/c13-8-5-6-9(14)10(7-8)15-11(16)3-1-2-4-12(17)18/h5-7H,1-4H2,(H,15,16)(H,17,18). The van der Waals surface area contributed by atoms with Crippen LogP contribution in [-0.4, -0.2) is 17.0 Å². The number of benzene rings is 1. The predicted octanol–water partition coefficient (Wildman–Crippen LogP) is 3.69. The van der Waals surface area contributed by atoms with Gasteiger partial charge in [0.2, 0.25) is 5.91 Å². The zero-order valence-corrected chi connectivity index (χ0v) is 11.9. The molecule has 0 heterocycles. The number of carboxylic acid groups (broad SMARTS) is 1. The molecule has 1 aromatic rings. The lowest BCUT2D eigenvalue weighted by atomic mass is 10.2. The van der Waals surface area contributed by atoms with Crippen LogP contribution in [0.1, 0.15) is 25.7 Å². The van der Waals surface area contributed by atoms with Gasteiger partial charge in [-0.1, -0.05) is 27.5 Å².